The topological polar surface area (TPSA) is 97.4 Å². The van der Waals surface area contributed by atoms with Crippen molar-refractivity contribution in [3.63, 3.8) is 0 Å². The van der Waals surface area contributed by atoms with Crippen LogP contribution in [0.1, 0.15) is 31.0 Å². The second-order valence-electron chi connectivity index (χ2n) is 7.19. The van der Waals surface area contributed by atoms with E-state index in [1.807, 2.05) is 13.2 Å². The molecule has 2 aliphatic heterocycles. The molecule has 2 aromatic heterocycles. The summed E-state index contributed by atoms with van der Waals surface area (Å²) in [6, 6.07) is 0. The van der Waals surface area contributed by atoms with Crippen molar-refractivity contribution in [2.24, 2.45) is 12.5 Å². The first kappa shape index (κ1) is 16.7. The molecule has 1 atom stereocenters. The van der Waals surface area contributed by atoms with Crippen molar-refractivity contribution in [3.8, 4) is 0 Å². The first-order valence-corrected chi connectivity index (χ1v) is 8.84. The molecule has 0 aliphatic carbocycles. The third kappa shape index (κ3) is 2.87. The predicted molar refractivity (Wildman–Crippen MR) is 91.2 cm³/mol. The summed E-state index contributed by atoms with van der Waals surface area (Å²) in [5, 5.41) is 7.87. The molecule has 9 nitrogen and oxygen atoms in total. The summed E-state index contributed by atoms with van der Waals surface area (Å²) in [4.78, 5) is 33.4. The maximum Gasteiger partial charge on any atom is 0.236 e. The van der Waals surface area contributed by atoms with Crippen LogP contribution in [-0.2, 0) is 23.1 Å². The largest absolute Gasteiger partial charge is 0.341 e. The minimum absolute atomic E-state index is 0.0691. The first-order chi connectivity index (χ1) is 12.5. The quantitative estimate of drug-likeness (QED) is 0.801. The second-order valence-corrected chi connectivity index (χ2v) is 7.19. The summed E-state index contributed by atoms with van der Waals surface area (Å²) >= 11 is 0. The molecule has 4 heterocycles. The van der Waals surface area contributed by atoms with Gasteiger partial charge in [0.15, 0.2) is 5.82 Å². The minimum Gasteiger partial charge on any atom is -0.341 e. The van der Waals surface area contributed by atoms with E-state index in [-0.39, 0.29) is 18.2 Å². The minimum atomic E-state index is -0.492. The van der Waals surface area contributed by atoms with Gasteiger partial charge in [0.2, 0.25) is 17.7 Å². The summed E-state index contributed by atoms with van der Waals surface area (Å²) in [6.45, 7) is 3.50. The number of anilines is 1. The van der Waals surface area contributed by atoms with E-state index in [0.29, 0.717) is 31.3 Å². The van der Waals surface area contributed by atoms with E-state index in [1.165, 1.54) is 0 Å². The highest BCUT2D eigenvalue weighted by molar-refractivity contribution is 6.00. The number of likely N-dealkylation sites (tertiary alicyclic amines) is 1. The number of hydrogen-bond acceptors (Lipinski definition) is 6. The van der Waals surface area contributed by atoms with E-state index in [9.17, 15) is 9.59 Å². The Balaban J connectivity index is 1.47. The Labute approximate surface area is 150 Å². The molecule has 2 fully saturated rings. The van der Waals surface area contributed by atoms with Crippen LogP contribution in [-0.4, -0.2) is 56.3 Å². The molecule has 0 bridgehead atoms. The zero-order chi connectivity index (χ0) is 18.3. The molecule has 0 aromatic carbocycles. The highest BCUT2D eigenvalue weighted by atomic mass is 16.5. The zero-order valence-electron chi connectivity index (χ0n) is 15.0. The number of aryl methyl sites for hydroxylation is 2. The first-order valence-electron chi connectivity index (χ1n) is 8.84. The summed E-state index contributed by atoms with van der Waals surface area (Å²) in [7, 11) is 1.83. The van der Waals surface area contributed by atoms with Gasteiger partial charge in [0.1, 0.15) is 6.42 Å². The second kappa shape index (κ2) is 6.22. The Kier molecular flexibility index (Phi) is 4.01. The van der Waals surface area contributed by atoms with Gasteiger partial charge in [0, 0.05) is 32.9 Å². The molecule has 4 rings (SSSR count). The average molecular weight is 358 g/mol. The summed E-state index contributed by atoms with van der Waals surface area (Å²) in [6.07, 6.45) is 6.02. The molecule has 1 spiro atoms. The van der Waals surface area contributed by atoms with E-state index in [1.54, 1.807) is 27.6 Å². The van der Waals surface area contributed by atoms with Gasteiger partial charge in [0.05, 0.1) is 17.3 Å². The Morgan fingerprint density at radius 3 is 2.88 bits per heavy atom. The maximum atomic E-state index is 13.1. The number of amides is 2. The van der Waals surface area contributed by atoms with Crippen molar-refractivity contribution in [1.29, 1.82) is 0 Å². The van der Waals surface area contributed by atoms with E-state index in [2.05, 4.69) is 15.2 Å². The lowest BCUT2D eigenvalue weighted by Gasteiger charge is -2.38. The van der Waals surface area contributed by atoms with Gasteiger partial charge in [-0.05, 0) is 26.2 Å². The van der Waals surface area contributed by atoms with Crippen LogP contribution in [0.2, 0.25) is 0 Å². The van der Waals surface area contributed by atoms with Gasteiger partial charge in [0.25, 0.3) is 0 Å². The summed E-state index contributed by atoms with van der Waals surface area (Å²) < 4.78 is 6.74. The normalized spacial score (nSPS) is 23.2. The lowest BCUT2D eigenvalue weighted by atomic mass is 9.78. The van der Waals surface area contributed by atoms with Crippen molar-refractivity contribution < 1.29 is 14.1 Å². The maximum absolute atomic E-state index is 13.1. The van der Waals surface area contributed by atoms with Gasteiger partial charge in [-0.3, -0.25) is 14.3 Å². The molecule has 138 valence electrons. The van der Waals surface area contributed by atoms with Crippen LogP contribution in [0.3, 0.4) is 0 Å². The fraction of sp³-hybridized carbons (Fsp3) is 0.588. The Hall–Kier alpha value is -2.71. The van der Waals surface area contributed by atoms with Crippen molar-refractivity contribution >= 4 is 17.5 Å². The van der Waals surface area contributed by atoms with E-state index >= 15 is 0 Å². The molecule has 2 saturated heterocycles. The lowest BCUT2D eigenvalue weighted by Crippen LogP contribution is -2.50. The highest BCUT2D eigenvalue weighted by Crippen LogP contribution is 2.41. The number of aromatic nitrogens is 4. The number of nitrogens with zero attached hydrogens (tertiary/aromatic N) is 6. The summed E-state index contributed by atoms with van der Waals surface area (Å²) in [5.74, 6) is 0.861. The van der Waals surface area contributed by atoms with Crippen molar-refractivity contribution in [2.45, 2.75) is 32.6 Å². The fourth-order valence-electron chi connectivity index (χ4n) is 3.99. The van der Waals surface area contributed by atoms with E-state index < -0.39 is 5.41 Å². The number of rotatable bonds is 3. The van der Waals surface area contributed by atoms with Crippen LogP contribution in [0.5, 0.6) is 0 Å². The SMILES string of the molecule is Cc1noc(CC(=O)N2CCC[C@@]3(CCN(c4cnn(C)c4)C3=O)C2)n1. The lowest BCUT2D eigenvalue weighted by molar-refractivity contribution is -0.138. The molecule has 0 radical (unpaired) electrons. The number of carbonyl (C=O) groups excluding carboxylic acids is 2. The highest BCUT2D eigenvalue weighted by Gasteiger charge is 2.50. The van der Waals surface area contributed by atoms with Gasteiger partial charge in [-0.1, -0.05) is 5.16 Å². The van der Waals surface area contributed by atoms with Gasteiger partial charge in [-0.25, -0.2) is 0 Å². The molecule has 2 aromatic rings. The molecule has 2 aliphatic rings. The third-order valence-electron chi connectivity index (χ3n) is 5.32. The smallest absolute Gasteiger partial charge is 0.236 e. The summed E-state index contributed by atoms with van der Waals surface area (Å²) in [5.41, 5.74) is 0.327. The Bertz CT molecular complexity index is 843. The Morgan fingerprint density at radius 2 is 2.19 bits per heavy atom. The fourth-order valence-corrected chi connectivity index (χ4v) is 3.99. The van der Waals surface area contributed by atoms with Crippen LogP contribution in [0, 0.1) is 12.3 Å². The molecule has 2 amide bonds. The van der Waals surface area contributed by atoms with Crippen molar-refractivity contribution in [1.82, 2.24) is 24.8 Å². The monoisotopic (exact) mass is 358 g/mol. The number of piperidine rings is 1. The molecule has 0 N–H and O–H groups in total. The van der Waals surface area contributed by atoms with Gasteiger partial charge in [-0.2, -0.15) is 10.1 Å². The predicted octanol–water partition coefficient (Wildman–Crippen LogP) is 0.700. The van der Waals surface area contributed by atoms with Gasteiger partial charge >= 0.3 is 0 Å². The number of hydrogen-bond donors (Lipinski definition) is 0. The van der Waals surface area contributed by atoms with Gasteiger partial charge < -0.3 is 14.3 Å². The van der Waals surface area contributed by atoms with Gasteiger partial charge in [-0.15, -0.1) is 0 Å². The molecular formula is C17H22N6O3. The molecule has 26 heavy (non-hydrogen) atoms. The van der Waals surface area contributed by atoms with Crippen LogP contribution in [0.15, 0.2) is 16.9 Å². The third-order valence-corrected chi connectivity index (χ3v) is 5.32. The molecule has 0 unspecified atom stereocenters. The van der Waals surface area contributed by atoms with E-state index in [4.69, 9.17) is 4.52 Å². The number of carbonyl (C=O) groups is 2. The van der Waals surface area contributed by atoms with Crippen LogP contribution < -0.4 is 4.90 Å². The zero-order valence-corrected chi connectivity index (χ0v) is 15.0. The van der Waals surface area contributed by atoms with Crippen molar-refractivity contribution in [2.75, 3.05) is 24.5 Å². The van der Waals surface area contributed by atoms with Crippen LogP contribution in [0.4, 0.5) is 5.69 Å². The standard InChI is InChI=1S/C17H22N6O3/c1-12-19-14(26-20-12)8-15(24)22-6-3-4-17(11-22)5-7-23(16(17)25)13-9-18-21(2)10-13/h9-10H,3-8,11H2,1-2H3/t17-/m1/s1. The molecular weight excluding hydrogens is 336 g/mol. The Morgan fingerprint density at radius 1 is 1.35 bits per heavy atom. The molecule has 0 saturated carbocycles. The average Bonchev–Trinajstić information content (AvgIpc) is 3.30. The molecule has 9 heteroatoms. The van der Waals surface area contributed by atoms with E-state index in [0.717, 1.165) is 24.9 Å². The van der Waals surface area contributed by atoms with Crippen LogP contribution >= 0.6 is 0 Å². The van der Waals surface area contributed by atoms with Crippen molar-refractivity contribution in [3.05, 3.63) is 24.1 Å². The van der Waals surface area contributed by atoms with Crippen LogP contribution in [0.25, 0.3) is 0 Å².